The molecule has 0 aliphatic heterocycles. The Hall–Kier alpha value is -1.54. The van der Waals surface area contributed by atoms with Gasteiger partial charge < -0.3 is 0 Å². The van der Waals surface area contributed by atoms with Crippen LogP contribution < -0.4 is 0 Å². The van der Waals surface area contributed by atoms with Crippen LogP contribution in [0.4, 0.5) is 0 Å². The predicted octanol–water partition coefficient (Wildman–Crippen LogP) is 7.39. The third-order valence-corrected chi connectivity index (χ3v) is 4.35. The standard InChI is InChI=1S/C22H36N2/c1-2-3-4-12-15-18-22(21-24)19-16-13-10-8-6-5-7-9-11-14-17-20-23/h14,17-18H,2-13,15-16,19H2,1H3. The van der Waals surface area contributed by atoms with Crippen LogP contribution >= 0.6 is 0 Å². The fraction of sp³-hybridized carbons (Fsp3) is 0.727. The van der Waals surface area contributed by atoms with Crippen LogP contribution in [-0.4, -0.2) is 0 Å². The molecule has 0 aromatic carbocycles. The van der Waals surface area contributed by atoms with Crippen LogP contribution in [0.1, 0.15) is 103 Å². The van der Waals surface area contributed by atoms with Crippen LogP contribution in [0.2, 0.25) is 0 Å². The molecule has 0 fully saturated rings. The molecular formula is C22H36N2. The van der Waals surface area contributed by atoms with Gasteiger partial charge in [-0.25, -0.2) is 0 Å². The van der Waals surface area contributed by atoms with E-state index in [1.165, 1.54) is 70.6 Å². The van der Waals surface area contributed by atoms with Gasteiger partial charge in [0.1, 0.15) is 0 Å². The first-order valence-electron chi connectivity index (χ1n) is 9.99. The van der Waals surface area contributed by atoms with Gasteiger partial charge in [-0.1, -0.05) is 76.9 Å². The average molecular weight is 329 g/mol. The highest BCUT2D eigenvalue weighted by Gasteiger charge is 1.97. The number of hydrogen-bond donors (Lipinski definition) is 0. The normalized spacial score (nSPS) is 11.5. The number of rotatable bonds is 16. The van der Waals surface area contributed by atoms with Crippen LogP contribution in [0.25, 0.3) is 0 Å². The largest absolute Gasteiger partial charge is 0.193 e. The van der Waals surface area contributed by atoms with Gasteiger partial charge in [-0.05, 0) is 38.5 Å². The molecule has 0 aliphatic rings. The minimum absolute atomic E-state index is 0.968. The molecule has 0 radical (unpaired) electrons. The lowest BCUT2D eigenvalue weighted by Crippen LogP contribution is -1.85. The van der Waals surface area contributed by atoms with Crippen molar-refractivity contribution >= 4 is 0 Å². The van der Waals surface area contributed by atoms with Gasteiger partial charge in [-0.15, -0.1) is 0 Å². The number of nitrogens with zero attached hydrogens (tertiary/aromatic N) is 2. The summed E-state index contributed by atoms with van der Waals surface area (Å²) < 4.78 is 0. The molecule has 0 heterocycles. The summed E-state index contributed by atoms with van der Waals surface area (Å²) in [6.07, 6.45) is 24.0. The van der Waals surface area contributed by atoms with Gasteiger partial charge in [-0.3, -0.25) is 0 Å². The van der Waals surface area contributed by atoms with Crippen molar-refractivity contribution in [2.75, 3.05) is 0 Å². The Morgan fingerprint density at radius 2 is 1.33 bits per heavy atom. The molecule has 0 rings (SSSR count). The van der Waals surface area contributed by atoms with Gasteiger partial charge in [0.15, 0.2) is 0 Å². The van der Waals surface area contributed by atoms with Crippen LogP contribution in [0, 0.1) is 22.7 Å². The van der Waals surface area contributed by atoms with Crippen LogP contribution in [-0.2, 0) is 0 Å². The third kappa shape index (κ3) is 16.8. The number of nitriles is 2. The summed E-state index contributed by atoms with van der Waals surface area (Å²) in [4.78, 5) is 0. The quantitative estimate of drug-likeness (QED) is 0.219. The van der Waals surface area contributed by atoms with Gasteiger partial charge >= 0.3 is 0 Å². The molecule has 0 aliphatic carbocycles. The van der Waals surface area contributed by atoms with E-state index in [4.69, 9.17) is 10.5 Å². The maximum absolute atomic E-state index is 9.17. The fourth-order valence-electron chi connectivity index (χ4n) is 2.83. The Kier molecular flexibility index (Phi) is 18.3. The number of allylic oxidation sites excluding steroid dienone is 4. The van der Waals surface area contributed by atoms with E-state index >= 15 is 0 Å². The van der Waals surface area contributed by atoms with E-state index in [-0.39, 0.29) is 0 Å². The van der Waals surface area contributed by atoms with Gasteiger partial charge in [0.2, 0.25) is 0 Å². The maximum atomic E-state index is 9.17. The number of hydrogen-bond acceptors (Lipinski definition) is 2. The number of unbranched alkanes of at least 4 members (excludes halogenated alkanes) is 12. The highest BCUT2D eigenvalue weighted by atomic mass is 14.2. The highest BCUT2D eigenvalue weighted by molar-refractivity contribution is 5.20. The molecule has 24 heavy (non-hydrogen) atoms. The smallest absolute Gasteiger partial charge is 0.0943 e. The van der Waals surface area contributed by atoms with Gasteiger partial charge in [-0.2, -0.15) is 10.5 Å². The van der Waals surface area contributed by atoms with Gasteiger partial charge in [0, 0.05) is 11.6 Å². The molecule has 0 spiro atoms. The van der Waals surface area contributed by atoms with Crippen molar-refractivity contribution in [3.8, 4) is 12.1 Å². The fourth-order valence-corrected chi connectivity index (χ4v) is 2.83. The van der Waals surface area contributed by atoms with Gasteiger partial charge in [0.05, 0.1) is 12.1 Å². The van der Waals surface area contributed by atoms with Crippen molar-refractivity contribution in [1.29, 1.82) is 10.5 Å². The Balaban J connectivity index is 3.41. The van der Waals surface area contributed by atoms with E-state index in [0.29, 0.717) is 0 Å². The van der Waals surface area contributed by atoms with E-state index < -0.39 is 0 Å². The molecule has 0 saturated heterocycles. The summed E-state index contributed by atoms with van der Waals surface area (Å²) in [5.74, 6) is 0. The first kappa shape index (κ1) is 22.5. The molecule has 0 aromatic rings. The predicted molar refractivity (Wildman–Crippen MR) is 103 cm³/mol. The molecule has 0 aromatic heterocycles. The molecule has 2 heteroatoms. The van der Waals surface area contributed by atoms with Gasteiger partial charge in [0.25, 0.3) is 0 Å². The third-order valence-electron chi connectivity index (χ3n) is 4.35. The lowest BCUT2D eigenvalue weighted by Gasteiger charge is -2.02. The second-order valence-electron chi connectivity index (χ2n) is 6.59. The molecule has 134 valence electrons. The molecule has 2 nitrogen and oxygen atoms in total. The molecule has 0 bridgehead atoms. The SMILES string of the molecule is CCCCCCC=C(C#N)CCCCCCCCCCC=CC#N. The monoisotopic (exact) mass is 328 g/mol. The molecule has 0 N–H and O–H groups in total. The summed E-state index contributed by atoms with van der Waals surface area (Å²) in [5.41, 5.74) is 0.997. The lowest BCUT2D eigenvalue weighted by molar-refractivity contribution is 0.569. The molecule has 0 unspecified atom stereocenters. The van der Waals surface area contributed by atoms with Crippen molar-refractivity contribution in [2.45, 2.75) is 103 Å². The molecule has 0 atom stereocenters. The van der Waals surface area contributed by atoms with Crippen molar-refractivity contribution in [3.05, 3.63) is 23.8 Å². The van der Waals surface area contributed by atoms with Crippen LogP contribution in [0.3, 0.4) is 0 Å². The van der Waals surface area contributed by atoms with E-state index in [2.05, 4.69) is 19.1 Å². The van der Waals surface area contributed by atoms with E-state index in [1.807, 2.05) is 12.1 Å². The molecular weight excluding hydrogens is 292 g/mol. The van der Waals surface area contributed by atoms with E-state index in [0.717, 1.165) is 31.3 Å². The summed E-state index contributed by atoms with van der Waals surface area (Å²) in [6.45, 7) is 2.23. The summed E-state index contributed by atoms with van der Waals surface area (Å²) in [6, 6.07) is 4.39. The zero-order valence-corrected chi connectivity index (χ0v) is 15.7. The van der Waals surface area contributed by atoms with Crippen LogP contribution in [0.5, 0.6) is 0 Å². The molecule has 0 saturated carbocycles. The minimum atomic E-state index is 0.968. The van der Waals surface area contributed by atoms with E-state index in [9.17, 15) is 0 Å². The Morgan fingerprint density at radius 1 is 0.750 bits per heavy atom. The zero-order valence-electron chi connectivity index (χ0n) is 15.7. The lowest BCUT2D eigenvalue weighted by atomic mass is 10.0. The zero-order chi connectivity index (χ0) is 17.7. The van der Waals surface area contributed by atoms with Crippen molar-refractivity contribution in [1.82, 2.24) is 0 Å². The van der Waals surface area contributed by atoms with Crippen molar-refractivity contribution < 1.29 is 0 Å². The molecule has 0 amide bonds. The summed E-state index contributed by atoms with van der Waals surface area (Å²) >= 11 is 0. The Bertz CT molecular complexity index is 407. The van der Waals surface area contributed by atoms with Crippen LogP contribution in [0.15, 0.2) is 23.8 Å². The highest BCUT2D eigenvalue weighted by Crippen LogP contribution is 2.14. The Labute approximate surface area is 150 Å². The first-order chi connectivity index (χ1) is 11.8. The second-order valence-corrected chi connectivity index (χ2v) is 6.59. The second kappa shape index (κ2) is 19.5. The topological polar surface area (TPSA) is 47.6 Å². The Morgan fingerprint density at radius 3 is 1.96 bits per heavy atom. The first-order valence-corrected chi connectivity index (χ1v) is 9.99. The van der Waals surface area contributed by atoms with Crippen molar-refractivity contribution in [2.24, 2.45) is 0 Å². The maximum Gasteiger partial charge on any atom is 0.0943 e. The van der Waals surface area contributed by atoms with E-state index in [1.54, 1.807) is 6.08 Å². The summed E-state index contributed by atoms with van der Waals surface area (Å²) in [5, 5.41) is 17.5. The average Bonchev–Trinajstić information content (AvgIpc) is 2.60. The van der Waals surface area contributed by atoms with Crippen molar-refractivity contribution in [3.63, 3.8) is 0 Å². The minimum Gasteiger partial charge on any atom is -0.193 e. The summed E-state index contributed by atoms with van der Waals surface area (Å²) in [7, 11) is 0.